The van der Waals surface area contributed by atoms with Crippen LogP contribution in [0.5, 0.6) is 0 Å². The number of likely N-dealkylation sites (tertiary alicyclic amines) is 1. The van der Waals surface area contributed by atoms with Crippen LogP contribution in [0, 0.1) is 17.2 Å². The predicted molar refractivity (Wildman–Crippen MR) is 117 cm³/mol. The first-order valence-corrected chi connectivity index (χ1v) is 10.2. The molecule has 0 bridgehead atoms. The van der Waals surface area contributed by atoms with Gasteiger partial charge in [-0.25, -0.2) is 0 Å². The van der Waals surface area contributed by atoms with E-state index >= 15 is 0 Å². The lowest BCUT2D eigenvalue weighted by molar-refractivity contribution is -0.121. The fraction of sp³-hybridized carbons (Fsp3) is 0.208. The third-order valence-electron chi connectivity index (χ3n) is 5.46. The monoisotopic (exact) mass is 417 g/mol. The lowest BCUT2D eigenvalue weighted by Gasteiger charge is -2.32. The molecule has 150 valence electrons. The third kappa shape index (κ3) is 4.00. The normalized spacial score (nSPS) is 16.1. The van der Waals surface area contributed by atoms with Gasteiger partial charge in [0.15, 0.2) is 0 Å². The minimum atomic E-state index is -0.299. The Morgan fingerprint density at radius 2 is 1.90 bits per heavy atom. The van der Waals surface area contributed by atoms with Crippen molar-refractivity contribution in [2.75, 3.05) is 18.4 Å². The SMILES string of the molecule is N#Cc1ccc(NC(=O)C2CCCN(C(=O)c3cccc4ccccc34)C2)cc1Cl. The minimum Gasteiger partial charge on any atom is -0.338 e. The molecule has 0 aromatic heterocycles. The van der Waals surface area contributed by atoms with Gasteiger partial charge >= 0.3 is 0 Å². The van der Waals surface area contributed by atoms with Gasteiger partial charge in [-0.2, -0.15) is 5.26 Å². The number of rotatable bonds is 3. The molecular formula is C24H20ClN3O2. The number of carbonyl (C=O) groups excluding carboxylic acids is 2. The highest BCUT2D eigenvalue weighted by molar-refractivity contribution is 6.32. The van der Waals surface area contributed by atoms with Gasteiger partial charge in [0, 0.05) is 24.3 Å². The molecule has 1 aliphatic heterocycles. The van der Waals surface area contributed by atoms with E-state index in [4.69, 9.17) is 16.9 Å². The standard InChI is InChI=1S/C24H20ClN3O2/c25-22-13-19(11-10-17(22)14-26)27-23(29)18-7-4-12-28(15-18)24(30)21-9-3-6-16-5-1-2-8-20(16)21/h1-3,5-6,8-11,13,18H,4,7,12,15H2,(H,27,29). The van der Waals surface area contributed by atoms with Crippen LogP contribution in [-0.4, -0.2) is 29.8 Å². The van der Waals surface area contributed by atoms with Crippen molar-refractivity contribution in [2.45, 2.75) is 12.8 Å². The summed E-state index contributed by atoms with van der Waals surface area (Å²) in [6.45, 7) is 1.01. The molecule has 6 heteroatoms. The van der Waals surface area contributed by atoms with Crippen molar-refractivity contribution >= 4 is 39.9 Å². The number of carbonyl (C=O) groups is 2. The van der Waals surface area contributed by atoms with Gasteiger partial charge in [0.2, 0.25) is 5.91 Å². The lowest BCUT2D eigenvalue weighted by Crippen LogP contribution is -2.43. The molecular weight excluding hydrogens is 398 g/mol. The summed E-state index contributed by atoms with van der Waals surface area (Å²) < 4.78 is 0. The van der Waals surface area contributed by atoms with Gasteiger partial charge in [-0.05, 0) is 47.9 Å². The van der Waals surface area contributed by atoms with Gasteiger partial charge in [0.05, 0.1) is 16.5 Å². The number of nitrogens with one attached hydrogen (secondary N) is 1. The highest BCUT2D eigenvalue weighted by Crippen LogP contribution is 2.25. The van der Waals surface area contributed by atoms with E-state index in [-0.39, 0.29) is 17.7 Å². The molecule has 1 unspecified atom stereocenters. The first-order valence-electron chi connectivity index (χ1n) is 9.84. The second-order valence-electron chi connectivity index (χ2n) is 7.41. The van der Waals surface area contributed by atoms with E-state index < -0.39 is 0 Å². The van der Waals surface area contributed by atoms with Gasteiger partial charge in [0.25, 0.3) is 5.91 Å². The van der Waals surface area contributed by atoms with Crippen molar-refractivity contribution in [2.24, 2.45) is 5.92 Å². The molecule has 0 spiro atoms. The Morgan fingerprint density at radius 1 is 1.10 bits per heavy atom. The maximum atomic E-state index is 13.2. The van der Waals surface area contributed by atoms with E-state index in [0.29, 0.717) is 34.9 Å². The quantitative estimate of drug-likeness (QED) is 0.661. The number of halogens is 1. The van der Waals surface area contributed by atoms with Gasteiger partial charge in [-0.3, -0.25) is 9.59 Å². The van der Waals surface area contributed by atoms with Crippen LogP contribution in [0.4, 0.5) is 5.69 Å². The Balaban J connectivity index is 1.49. The minimum absolute atomic E-state index is 0.0503. The van der Waals surface area contributed by atoms with Crippen LogP contribution in [0.15, 0.2) is 60.7 Å². The first-order chi connectivity index (χ1) is 14.6. The molecule has 1 heterocycles. The molecule has 2 amide bonds. The largest absolute Gasteiger partial charge is 0.338 e. The molecule has 1 fully saturated rings. The van der Waals surface area contributed by atoms with E-state index in [2.05, 4.69) is 5.32 Å². The molecule has 1 atom stereocenters. The Bertz CT molecular complexity index is 1160. The van der Waals surface area contributed by atoms with E-state index in [1.807, 2.05) is 48.5 Å². The Labute approximate surface area is 179 Å². The van der Waals surface area contributed by atoms with Crippen LogP contribution in [0.25, 0.3) is 10.8 Å². The Kier molecular flexibility index (Phi) is 5.69. The van der Waals surface area contributed by atoms with Crippen LogP contribution in [0.2, 0.25) is 5.02 Å². The molecule has 0 saturated carbocycles. The molecule has 1 N–H and O–H groups in total. The fourth-order valence-corrected chi connectivity index (χ4v) is 4.11. The highest BCUT2D eigenvalue weighted by atomic mass is 35.5. The van der Waals surface area contributed by atoms with E-state index in [1.54, 1.807) is 23.1 Å². The number of hydrogen-bond acceptors (Lipinski definition) is 3. The molecule has 3 aromatic carbocycles. The smallest absolute Gasteiger partial charge is 0.254 e. The van der Waals surface area contributed by atoms with Gasteiger partial charge < -0.3 is 10.2 Å². The highest BCUT2D eigenvalue weighted by Gasteiger charge is 2.29. The second-order valence-corrected chi connectivity index (χ2v) is 7.82. The van der Waals surface area contributed by atoms with Crippen molar-refractivity contribution < 1.29 is 9.59 Å². The molecule has 5 nitrogen and oxygen atoms in total. The average Bonchev–Trinajstić information content (AvgIpc) is 2.78. The molecule has 30 heavy (non-hydrogen) atoms. The third-order valence-corrected chi connectivity index (χ3v) is 5.77. The summed E-state index contributed by atoms with van der Waals surface area (Å²) >= 11 is 6.05. The number of anilines is 1. The number of nitriles is 1. The first kappa shape index (κ1) is 19.9. The average molecular weight is 418 g/mol. The molecule has 0 radical (unpaired) electrons. The Hall–Kier alpha value is -3.36. The summed E-state index contributed by atoms with van der Waals surface area (Å²) in [5, 5.41) is 14.1. The predicted octanol–water partition coefficient (Wildman–Crippen LogP) is 4.86. The maximum Gasteiger partial charge on any atom is 0.254 e. The van der Waals surface area contributed by atoms with Crippen molar-refractivity contribution in [3.63, 3.8) is 0 Å². The summed E-state index contributed by atoms with van der Waals surface area (Å²) in [5.74, 6) is -0.496. The summed E-state index contributed by atoms with van der Waals surface area (Å²) in [7, 11) is 0. The number of piperidine rings is 1. The van der Waals surface area contributed by atoms with Crippen molar-refractivity contribution in [3.8, 4) is 6.07 Å². The number of amides is 2. The van der Waals surface area contributed by atoms with Gasteiger partial charge in [-0.1, -0.05) is 48.0 Å². The van der Waals surface area contributed by atoms with E-state index in [1.165, 1.54) is 0 Å². The zero-order valence-corrected chi connectivity index (χ0v) is 17.0. The van der Waals surface area contributed by atoms with Gasteiger partial charge in [0.1, 0.15) is 6.07 Å². The van der Waals surface area contributed by atoms with Crippen molar-refractivity contribution in [3.05, 3.63) is 76.8 Å². The van der Waals surface area contributed by atoms with Crippen LogP contribution in [0.3, 0.4) is 0 Å². The lowest BCUT2D eigenvalue weighted by atomic mass is 9.95. The topological polar surface area (TPSA) is 73.2 Å². The molecule has 4 rings (SSSR count). The van der Waals surface area contributed by atoms with E-state index in [9.17, 15) is 9.59 Å². The molecule has 1 saturated heterocycles. The Morgan fingerprint density at radius 3 is 2.70 bits per heavy atom. The summed E-state index contributed by atoms with van der Waals surface area (Å²) in [6.07, 6.45) is 1.48. The summed E-state index contributed by atoms with van der Waals surface area (Å²) in [6, 6.07) is 20.3. The molecule has 1 aliphatic rings. The van der Waals surface area contributed by atoms with Crippen LogP contribution in [0.1, 0.15) is 28.8 Å². The second kappa shape index (κ2) is 8.56. The zero-order chi connectivity index (χ0) is 21.1. The number of benzene rings is 3. The molecule has 0 aliphatic carbocycles. The van der Waals surface area contributed by atoms with Gasteiger partial charge in [-0.15, -0.1) is 0 Å². The number of hydrogen-bond donors (Lipinski definition) is 1. The van der Waals surface area contributed by atoms with Crippen molar-refractivity contribution in [1.82, 2.24) is 4.90 Å². The van der Waals surface area contributed by atoms with Crippen LogP contribution < -0.4 is 5.32 Å². The number of nitrogens with zero attached hydrogens (tertiary/aromatic N) is 2. The zero-order valence-electron chi connectivity index (χ0n) is 16.3. The fourth-order valence-electron chi connectivity index (χ4n) is 3.89. The summed E-state index contributed by atoms with van der Waals surface area (Å²) in [4.78, 5) is 27.8. The van der Waals surface area contributed by atoms with Crippen LogP contribution in [-0.2, 0) is 4.79 Å². The molecule has 3 aromatic rings. The number of fused-ring (bicyclic) bond motifs is 1. The van der Waals surface area contributed by atoms with Crippen molar-refractivity contribution in [1.29, 1.82) is 5.26 Å². The summed E-state index contributed by atoms with van der Waals surface area (Å²) in [5.41, 5.74) is 1.56. The van der Waals surface area contributed by atoms with Crippen LogP contribution >= 0.6 is 11.6 Å². The van der Waals surface area contributed by atoms with E-state index in [0.717, 1.165) is 23.6 Å². The maximum absolute atomic E-state index is 13.2.